The third kappa shape index (κ3) is 9.41. The molecule has 1 amide bonds. The van der Waals surface area contributed by atoms with E-state index in [0.29, 0.717) is 42.9 Å². The molecule has 4 aromatic rings. The standard InChI is InChI=1S/C52H60N4O7/c1-3-29-61-52-48(56(51(59)38-20-18-36(34-53)19-21-38)35-40-15-11-14-37-12-5-6-16-42(37)40)33-46(54-62-4-2)44-31-39(13-7-9-27-57)43(17-8-10-28-58)49(50(44)52)45-32-41(22-23-47(45)63-52)60-30-26-55-24-25-55/h3,5-6,11-12,14-16,18-23,31-32,39,43,48-50,57-58H,1,4,7-10,13,17,24-30,33,35H2,2H3/t39-,43+,48-,49+,50+,52+/m0/s1. The van der Waals surface area contributed by atoms with E-state index in [1.54, 1.807) is 30.3 Å². The van der Waals surface area contributed by atoms with Crippen molar-refractivity contribution < 1.29 is 34.1 Å². The lowest BCUT2D eigenvalue weighted by molar-refractivity contribution is -0.255. The van der Waals surface area contributed by atoms with Crippen molar-refractivity contribution in [2.75, 3.05) is 52.7 Å². The third-order valence-corrected chi connectivity index (χ3v) is 13.3. The van der Waals surface area contributed by atoms with Gasteiger partial charge in [-0.2, -0.15) is 5.26 Å². The van der Waals surface area contributed by atoms with Crippen molar-refractivity contribution in [3.8, 4) is 17.6 Å². The minimum atomic E-state index is -1.43. The fourth-order valence-corrected chi connectivity index (χ4v) is 10.3. The predicted molar refractivity (Wildman–Crippen MR) is 243 cm³/mol. The molecule has 0 bridgehead atoms. The molecule has 2 heterocycles. The summed E-state index contributed by atoms with van der Waals surface area (Å²) in [5, 5.41) is 36.6. The van der Waals surface area contributed by atoms with Gasteiger partial charge in [0, 0.05) is 62.9 Å². The molecular weight excluding hydrogens is 793 g/mol. The number of nitrogens with zero attached hydrogens (tertiary/aromatic N) is 4. The van der Waals surface area contributed by atoms with Gasteiger partial charge in [0.15, 0.2) is 0 Å². The molecule has 2 fully saturated rings. The van der Waals surface area contributed by atoms with Crippen LogP contribution in [-0.4, -0.2) is 96.1 Å². The van der Waals surface area contributed by atoms with Gasteiger partial charge in [-0.1, -0.05) is 72.6 Å². The van der Waals surface area contributed by atoms with Gasteiger partial charge in [-0.05, 0) is 109 Å². The third-order valence-electron chi connectivity index (χ3n) is 13.3. The molecule has 330 valence electrons. The van der Waals surface area contributed by atoms with Gasteiger partial charge in [0.25, 0.3) is 5.91 Å². The monoisotopic (exact) mass is 852 g/mol. The van der Waals surface area contributed by atoms with Gasteiger partial charge >= 0.3 is 0 Å². The zero-order chi connectivity index (χ0) is 43.8. The lowest BCUT2D eigenvalue weighted by Gasteiger charge is -2.60. The van der Waals surface area contributed by atoms with Crippen LogP contribution in [0.4, 0.5) is 0 Å². The smallest absolute Gasteiger partial charge is 0.254 e. The van der Waals surface area contributed by atoms with Crippen molar-refractivity contribution in [3.05, 3.63) is 131 Å². The minimum absolute atomic E-state index is 0.0824. The number of rotatable bonds is 21. The molecular formula is C52H60N4O7. The van der Waals surface area contributed by atoms with Crippen LogP contribution in [0.25, 0.3) is 10.8 Å². The van der Waals surface area contributed by atoms with Crippen LogP contribution in [0.15, 0.2) is 114 Å². The summed E-state index contributed by atoms with van der Waals surface area (Å²) in [6.45, 7) is 10.6. The van der Waals surface area contributed by atoms with Crippen molar-refractivity contribution in [1.29, 1.82) is 5.26 Å². The number of hydrogen-bond donors (Lipinski definition) is 2. The summed E-state index contributed by atoms with van der Waals surface area (Å²) in [5.74, 6) is -0.657. The van der Waals surface area contributed by atoms with E-state index in [1.165, 1.54) is 0 Å². The molecule has 1 saturated carbocycles. The van der Waals surface area contributed by atoms with Crippen LogP contribution >= 0.6 is 0 Å². The van der Waals surface area contributed by atoms with Gasteiger partial charge in [0.05, 0.1) is 29.9 Å². The maximum Gasteiger partial charge on any atom is 0.254 e. The first-order valence-corrected chi connectivity index (χ1v) is 22.8. The van der Waals surface area contributed by atoms with Crippen molar-refractivity contribution in [2.24, 2.45) is 22.9 Å². The Hall–Kier alpha value is -5.51. The molecule has 0 aromatic heterocycles. The van der Waals surface area contributed by atoms with E-state index in [-0.39, 0.29) is 56.4 Å². The van der Waals surface area contributed by atoms with Gasteiger partial charge in [0.2, 0.25) is 5.79 Å². The second-order valence-corrected chi connectivity index (χ2v) is 17.1. The Morgan fingerprint density at radius 1 is 1.02 bits per heavy atom. The molecule has 4 aromatic carbocycles. The van der Waals surface area contributed by atoms with Gasteiger partial charge < -0.3 is 34.2 Å². The normalized spacial score (nSPS) is 24.1. The lowest BCUT2D eigenvalue weighted by atomic mass is 9.55. The average molecular weight is 853 g/mol. The van der Waals surface area contributed by atoms with E-state index < -0.39 is 17.7 Å². The number of amides is 1. The molecule has 0 spiro atoms. The number of ether oxygens (including phenoxy) is 3. The zero-order valence-electron chi connectivity index (χ0n) is 36.4. The van der Waals surface area contributed by atoms with Crippen LogP contribution in [-0.2, 0) is 16.1 Å². The highest BCUT2D eigenvalue weighted by molar-refractivity contribution is 6.03. The molecule has 6 atom stereocenters. The summed E-state index contributed by atoms with van der Waals surface area (Å²) in [7, 11) is 0. The molecule has 8 rings (SSSR count). The number of aliphatic hydroxyl groups excluding tert-OH is 2. The molecule has 0 radical (unpaired) electrons. The summed E-state index contributed by atoms with van der Waals surface area (Å²) in [5.41, 5.74) is 4.60. The highest BCUT2D eigenvalue weighted by Crippen LogP contribution is 2.62. The Labute approximate surface area is 371 Å². The fourth-order valence-electron chi connectivity index (χ4n) is 10.3. The second kappa shape index (κ2) is 20.3. The van der Waals surface area contributed by atoms with E-state index in [1.807, 2.05) is 42.2 Å². The zero-order valence-corrected chi connectivity index (χ0v) is 36.4. The summed E-state index contributed by atoms with van der Waals surface area (Å²) >= 11 is 0. The van der Waals surface area contributed by atoms with Crippen molar-refractivity contribution in [3.63, 3.8) is 0 Å². The van der Waals surface area contributed by atoms with Crippen molar-refractivity contribution in [1.82, 2.24) is 9.80 Å². The van der Waals surface area contributed by atoms with Crippen LogP contribution in [0.3, 0.4) is 0 Å². The van der Waals surface area contributed by atoms with E-state index >= 15 is 4.79 Å². The van der Waals surface area contributed by atoms with Crippen LogP contribution in [0.5, 0.6) is 11.5 Å². The number of hydrogen-bond acceptors (Lipinski definition) is 10. The first kappa shape index (κ1) is 44.1. The molecule has 0 unspecified atom stereocenters. The van der Waals surface area contributed by atoms with Gasteiger partial charge in [-0.15, -0.1) is 6.58 Å². The Morgan fingerprint density at radius 3 is 2.54 bits per heavy atom. The predicted octanol–water partition coefficient (Wildman–Crippen LogP) is 8.40. The quantitative estimate of drug-likeness (QED) is 0.0367. The molecule has 1 saturated heterocycles. The lowest BCUT2D eigenvalue weighted by Crippen LogP contribution is -2.70. The molecule has 2 N–H and O–H groups in total. The number of benzene rings is 4. The Balaban J connectivity index is 1.35. The maximum atomic E-state index is 15.5. The van der Waals surface area contributed by atoms with E-state index in [4.69, 9.17) is 24.2 Å². The minimum Gasteiger partial charge on any atom is -0.492 e. The molecule has 4 aliphatic rings. The number of oxime groups is 1. The number of allylic oxidation sites excluding steroid dienone is 1. The highest BCUT2D eigenvalue weighted by atomic mass is 16.7. The van der Waals surface area contributed by atoms with Gasteiger partial charge in [-0.25, -0.2) is 0 Å². The molecule has 11 nitrogen and oxygen atoms in total. The second-order valence-electron chi connectivity index (χ2n) is 17.1. The van der Waals surface area contributed by atoms with Crippen molar-refractivity contribution in [2.45, 2.75) is 76.2 Å². The molecule has 2 aliphatic heterocycles. The van der Waals surface area contributed by atoms with Gasteiger partial charge in [-0.3, -0.25) is 9.69 Å². The Kier molecular flexibility index (Phi) is 14.2. The van der Waals surface area contributed by atoms with Crippen molar-refractivity contribution >= 4 is 22.4 Å². The number of aliphatic hydroxyl groups is 2. The van der Waals surface area contributed by atoms with Crippen LogP contribution in [0.2, 0.25) is 0 Å². The summed E-state index contributed by atoms with van der Waals surface area (Å²) in [6.07, 6.45) is 9.08. The first-order valence-electron chi connectivity index (χ1n) is 22.8. The Bertz CT molecular complexity index is 2330. The van der Waals surface area contributed by atoms with E-state index in [0.717, 1.165) is 84.3 Å². The first-order chi connectivity index (χ1) is 30.9. The molecule has 63 heavy (non-hydrogen) atoms. The maximum absolute atomic E-state index is 15.5. The number of unbranched alkanes of at least 4 members (excludes halogenated alkanes) is 2. The summed E-state index contributed by atoms with van der Waals surface area (Å²) in [4.78, 5) is 25.7. The average Bonchev–Trinajstić information content (AvgIpc) is 4.15. The SMILES string of the molecule is C=CCO[C@@]12Oc3ccc(OCCN4CC4)cc3[C@H]3[C@H](CCCCO)[C@@H](CCCCO)C=C(C(=NOCC)C[C@@H]1N(Cc1cccc4ccccc14)C(=O)c1ccc(C#N)cc1)[C@H]32. The Morgan fingerprint density at radius 2 is 1.79 bits per heavy atom. The molecule has 2 aliphatic carbocycles. The number of carbonyl (C=O) groups is 1. The summed E-state index contributed by atoms with van der Waals surface area (Å²) in [6, 6.07) is 28.7. The van der Waals surface area contributed by atoms with E-state index in [9.17, 15) is 15.5 Å². The fraction of sp³-hybridized carbons (Fsp3) is 0.442. The number of fused-ring (bicyclic) bond motifs is 3. The summed E-state index contributed by atoms with van der Waals surface area (Å²) < 4.78 is 21.1. The largest absolute Gasteiger partial charge is 0.492 e. The molecule has 11 heteroatoms. The van der Waals surface area contributed by atoms with Crippen LogP contribution < -0.4 is 9.47 Å². The van der Waals surface area contributed by atoms with E-state index in [2.05, 4.69) is 54.0 Å². The van der Waals surface area contributed by atoms with Gasteiger partial charge in [0.1, 0.15) is 30.8 Å². The highest BCUT2D eigenvalue weighted by Gasteiger charge is 2.65. The number of nitriles is 1. The number of carbonyl (C=O) groups excluding carboxylic acids is 1. The van der Waals surface area contributed by atoms with Crippen LogP contribution in [0.1, 0.15) is 84.8 Å². The van der Waals surface area contributed by atoms with Crippen LogP contribution in [0, 0.1) is 29.1 Å². The topological polar surface area (TPSA) is 137 Å².